The number of hydrogen-bond acceptors (Lipinski definition) is 2. The van der Waals surface area contributed by atoms with Crippen LogP contribution in [-0.4, -0.2) is 23.6 Å². The molecule has 1 atom stereocenters. The van der Waals surface area contributed by atoms with E-state index in [-0.39, 0.29) is 0 Å². The second kappa shape index (κ2) is 6.72. The van der Waals surface area contributed by atoms with Crippen LogP contribution in [0.1, 0.15) is 47.0 Å². The van der Waals surface area contributed by atoms with E-state index < -0.39 is 0 Å². The first-order valence-electron chi connectivity index (χ1n) is 5.34. The van der Waals surface area contributed by atoms with Crippen LogP contribution in [0.3, 0.4) is 0 Å². The minimum atomic E-state index is 0.376. The van der Waals surface area contributed by atoms with Crippen molar-refractivity contribution in [1.82, 2.24) is 5.32 Å². The summed E-state index contributed by atoms with van der Waals surface area (Å²) in [5.41, 5.74) is 0. The molecule has 0 rings (SSSR count). The summed E-state index contributed by atoms with van der Waals surface area (Å²) >= 11 is 1.94. The Hall–Kier alpha value is 0.310. The summed E-state index contributed by atoms with van der Waals surface area (Å²) in [4.78, 5) is 0. The molecule has 1 unspecified atom stereocenters. The summed E-state index contributed by atoms with van der Waals surface area (Å²) in [7, 11) is 0. The molecule has 1 nitrogen and oxygen atoms in total. The van der Waals surface area contributed by atoms with Crippen molar-refractivity contribution in [2.45, 2.75) is 57.7 Å². The van der Waals surface area contributed by atoms with Gasteiger partial charge in [0.2, 0.25) is 0 Å². The van der Waals surface area contributed by atoms with Crippen LogP contribution in [0.15, 0.2) is 0 Å². The highest BCUT2D eigenvalue weighted by atomic mass is 32.2. The summed E-state index contributed by atoms with van der Waals surface area (Å²) in [6.07, 6.45) is 6.02. The van der Waals surface area contributed by atoms with Crippen LogP contribution in [0.5, 0.6) is 0 Å². The molecular weight excluding hydrogens is 178 g/mol. The lowest BCUT2D eigenvalue weighted by Crippen LogP contribution is -2.38. The molecule has 0 aliphatic rings. The van der Waals surface area contributed by atoms with E-state index in [1.54, 1.807) is 0 Å². The average molecular weight is 203 g/mol. The Balaban J connectivity index is 3.70. The smallest absolute Gasteiger partial charge is 0.0225 e. The van der Waals surface area contributed by atoms with Crippen molar-refractivity contribution in [2.75, 3.05) is 12.8 Å². The highest BCUT2D eigenvalue weighted by Crippen LogP contribution is 2.20. The number of thioether (sulfide) groups is 1. The molecule has 80 valence electrons. The molecule has 0 saturated carbocycles. The van der Waals surface area contributed by atoms with Gasteiger partial charge in [0.15, 0.2) is 0 Å². The minimum absolute atomic E-state index is 0.376. The van der Waals surface area contributed by atoms with E-state index in [2.05, 4.69) is 39.3 Å². The Morgan fingerprint density at radius 3 is 2.31 bits per heavy atom. The van der Waals surface area contributed by atoms with Crippen molar-refractivity contribution >= 4 is 11.8 Å². The first-order valence-corrected chi connectivity index (χ1v) is 6.56. The lowest BCUT2D eigenvalue weighted by molar-refractivity contribution is 0.442. The van der Waals surface area contributed by atoms with Crippen molar-refractivity contribution < 1.29 is 0 Å². The molecule has 0 aliphatic heterocycles. The van der Waals surface area contributed by atoms with Gasteiger partial charge in [-0.1, -0.05) is 20.3 Å². The standard InChI is InChI=1S/C11H25NS/c1-6-8-10(7-2)12-9-11(3,4)13-5/h10,12H,6-9H2,1-5H3. The molecule has 0 radical (unpaired) electrons. The molecule has 0 amide bonds. The fraction of sp³-hybridized carbons (Fsp3) is 1.00. The molecule has 0 heterocycles. The number of rotatable bonds is 7. The van der Waals surface area contributed by atoms with Gasteiger partial charge in [-0.05, 0) is 32.9 Å². The molecule has 0 fully saturated rings. The van der Waals surface area contributed by atoms with E-state index >= 15 is 0 Å². The normalized spacial score (nSPS) is 14.5. The largest absolute Gasteiger partial charge is 0.313 e. The zero-order chi connectivity index (χ0) is 10.3. The van der Waals surface area contributed by atoms with Crippen LogP contribution in [0.4, 0.5) is 0 Å². The highest BCUT2D eigenvalue weighted by molar-refractivity contribution is 7.99. The fourth-order valence-corrected chi connectivity index (χ4v) is 1.49. The first kappa shape index (κ1) is 13.3. The third-order valence-electron chi connectivity index (χ3n) is 2.50. The molecule has 13 heavy (non-hydrogen) atoms. The quantitative estimate of drug-likeness (QED) is 0.681. The molecular formula is C11H25NS. The van der Waals surface area contributed by atoms with Gasteiger partial charge in [-0.2, -0.15) is 11.8 Å². The molecule has 0 bridgehead atoms. The maximum absolute atomic E-state index is 3.64. The molecule has 0 aromatic rings. The SMILES string of the molecule is CCCC(CC)NCC(C)(C)SC. The molecule has 0 spiro atoms. The predicted molar refractivity (Wildman–Crippen MR) is 64.6 cm³/mol. The lowest BCUT2D eigenvalue weighted by atomic mass is 10.1. The molecule has 0 aromatic heterocycles. The van der Waals surface area contributed by atoms with Gasteiger partial charge in [0, 0.05) is 17.3 Å². The summed E-state index contributed by atoms with van der Waals surface area (Å²) in [5.74, 6) is 0. The Labute approximate surface area is 88.1 Å². The van der Waals surface area contributed by atoms with Gasteiger partial charge < -0.3 is 5.32 Å². The maximum atomic E-state index is 3.64. The zero-order valence-corrected chi connectivity index (χ0v) is 10.6. The fourth-order valence-electron chi connectivity index (χ4n) is 1.26. The van der Waals surface area contributed by atoms with Gasteiger partial charge in [-0.3, -0.25) is 0 Å². The van der Waals surface area contributed by atoms with Crippen molar-refractivity contribution in [3.05, 3.63) is 0 Å². The summed E-state index contributed by atoms with van der Waals surface area (Å²) in [6.45, 7) is 10.2. The monoisotopic (exact) mass is 203 g/mol. The van der Waals surface area contributed by atoms with Gasteiger partial charge in [-0.15, -0.1) is 0 Å². The van der Waals surface area contributed by atoms with Gasteiger partial charge in [0.1, 0.15) is 0 Å². The van der Waals surface area contributed by atoms with Gasteiger partial charge in [0.25, 0.3) is 0 Å². The van der Waals surface area contributed by atoms with Crippen LogP contribution in [-0.2, 0) is 0 Å². The van der Waals surface area contributed by atoms with Crippen LogP contribution >= 0.6 is 11.8 Å². The first-order chi connectivity index (χ1) is 6.05. The van der Waals surface area contributed by atoms with E-state index in [1.165, 1.54) is 19.3 Å². The molecule has 0 aliphatic carbocycles. The third kappa shape index (κ3) is 6.39. The van der Waals surface area contributed by atoms with E-state index in [4.69, 9.17) is 0 Å². The predicted octanol–water partition coefficient (Wildman–Crippen LogP) is 3.30. The Bertz CT molecular complexity index is 123. The minimum Gasteiger partial charge on any atom is -0.313 e. The van der Waals surface area contributed by atoms with Crippen molar-refractivity contribution in [1.29, 1.82) is 0 Å². The van der Waals surface area contributed by atoms with E-state index in [9.17, 15) is 0 Å². The lowest BCUT2D eigenvalue weighted by Gasteiger charge is -2.26. The summed E-state index contributed by atoms with van der Waals surface area (Å²) in [5, 5.41) is 3.64. The Morgan fingerprint density at radius 1 is 1.31 bits per heavy atom. The second-order valence-corrected chi connectivity index (χ2v) is 5.75. The highest BCUT2D eigenvalue weighted by Gasteiger charge is 2.16. The van der Waals surface area contributed by atoms with Gasteiger partial charge >= 0.3 is 0 Å². The van der Waals surface area contributed by atoms with Crippen molar-refractivity contribution in [2.24, 2.45) is 0 Å². The van der Waals surface area contributed by atoms with E-state index in [0.29, 0.717) is 4.75 Å². The van der Waals surface area contributed by atoms with Crippen molar-refractivity contribution in [3.8, 4) is 0 Å². The van der Waals surface area contributed by atoms with E-state index in [1.807, 2.05) is 11.8 Å². The topological polar surface area (TPSA) is 12.0 Å². The van der Waals surface area contributed by atoms with Crippen LogP contribution in [0.2, 0.25) is 0 Å². The summed E-state index contributed by atoms with van der Waals surface area (Å²) < 4.78 is 0.376. The van der Waals surface area contributed by atoms with E-state index in [0.717, 1.165) is 12.6 Å². The van der Waals surface area contributed by atoms with Gasteiger partial charge in [0.05, 0.1) is 0 Å². The molecule has 0 saturated heterocycles. The zero-order valence-electron chi connectivity index (χ0n) is 9.81. The number of nitrogens with one attached hydrogen (secondary N) is 1. The molecule has 2 heteroatoms. The molecule has 0 aromatic carbocycles. The Kier molecular flexibility index (Phi) is 6.88. The third-order valence-corrected chi connectivity index (χ3v) is 3.75. The maximum Gasteiger partial charge on any atom is 0.0225 e. The average Bonchev–Trinajstić information content (AvgIpc) is 2.12. The van der Waals surface area contributed by atoms with Gasteiger partial charge in [-0.25, -0.2) is 0 Å². The van der Waals surface area contributed by atoms with Crippen LogP contribution in [0.25, 0.3) is 0 Å². The summed E-state index contributed by atoms with van der Waals surface area (Å²) in [6, 6.07) is 0.719. The molecule has 1 N–H and O–H groups in total. The number of hydrogen-bond donors (Lipinski definition) is 1. The second-order valence-electron chi connectivity index (χ2n) is 4.24. The van der Waals surface area contributed by atoms with Crippen molar-refractivity contribution in [3.63, 3.8) is 0 Å². The van der Waals surface area contributed by atoms with Crippen LogP contribution in [0, 0.1) is 0 Å². The Morgan fingerprint density at radius 2 is 1.92 bits per heavy atom. The van der Waals surface area contributed by atoms with Crippen LogP contribution < -0.4 is 5.32 Å².